The molecule has 0 saturated carbocycles. The molecular weight excluding hydrogens is 640 g/mol. The minimum atomic E-state index is -0.329. The zero-order valence-corrected chi connectivity index (χ0v) is 32.4. The van der Waals surface area contributed by atoms with Crippen molar-refractivity contribution in [2.45, 2.75) is 93.0 Å². The van der Waals surface area contributed by atoms with Gasteiger partial charge in [0.25, 0.3) is 0 Å². The lowest BCUT2D eigenvalue weighted by atomic mass is 9.88. The Bertz CT molecular complexity index is 1500. The molecule has 4 N–H and O–H groups in total. The van der Waals surface area contributed by atoms with Crippen molar-refractivity contribution in [3.8, 4) is 5.75 Å². The van der Waals surface area contributed by atoms with Crippen LogP contribution in [0.4, 0.5) is 4.39 Å². The molecule has 8 nitrogen and oxygen atoms in total. The predicted molar refractivity (Wildman–Crippen MR) is 215 cm³/mol. The van der Waals surface area contributed by atoms with Gasteiger partial charge in [-0.2, -0.15) is 0 Å². The second-order valence-corrected chi connectivity index (χ2v) is 12.0. The number of pyridine rings is 1. The third-order valence-electron chi connectivity index (χ3n) is 7.28. The molecule has 4 rings (SSSR count). The molecule has 280 valence electrons. The fourth-order valence-electron chi connectivity index (χ4n) is 4.40. The second-order valence-electron chi connectivity index (χ2n) is 12.0. The first-order valence-electron chi connectivity index (χ1n) is 17.8. The second kappa shape index (κ2) is 27.9. The Hall–Kier alpha value is -4.92. The number of hydrogen-bond donors (Lipinski definition) is 3. The number of unbranched alkanes of at least 4 members (excludes halogenated alkanes) is 1. The zero-order valence-electron chi connectivity index (χ0n) is 32.4. The number of nitrogens with zero attached hydrogens (tertiary/aromatic N) is 3. The van der Waals surface area contributed by atoms with Crippen molar-refractivity contribution >= 4 is 17.7 Å². The number of rotatable bonds is 10. The molecule has 1 fully saturated rings. The molecule has 1 aliphatic rings. The van der Waals surface area contributed by atoms with Crippen molar-refractivity contribution in [1.29, 1.82) is 0 Å². The molecule has 0 radical (unpaired) electrons. The number of benzene rings is 1. The Morgan fingerprint density at radius 3 is 2.25 bits per heavy atom. The molecule has 0 bridgehead atoms. The number of H-pyrrole nitrogens is 1. The van der Waals surface area contributed by atoms with Gasteiger partial charge in [-0.25, -0.2) is 4.39 Å². The van der Waals surface area contributed by atoms with Crippen LogP contribution in [0.3, 0.4) is 0 Å². The average molecular weight is 703 g/mol. The molecule has 2 aromatic heterocycles. The molecule has 1 amide bonds. The highest BCUT2D eigenvalue weighted by Gasteiger charge is 2.24. The number of aliphatic imine (C=N–C) groups is 1. The number of ether oxygens (including phenoxy) is 1. The summed E-state index contributed by atoms with van der Waals surface area (Å²) in [5.74, 6) is 0.735. The Kier molecular flexibility index (Phi) is 25.2. The van der Waals surface area contributed by atoms with Gasteiger partial charge in [0.15, 0.2) is 5.88 Å². The van der Waals surface area contributed by atoms with Gasteiger partial charge in [0, 0.05) is 56.6 Å². The molecule has 51 heavy (non-hydrogen) atoms. The minimum Gasteiger partial charge on any atom is -0.441 e. The lowest BCUT2D eigenvalue weighted by molar-refractivity contribution is -0.127. The van der Waals surface area contributed by atoms with E-state index in [2.05, 4.69) is 73.8 Å². The average Bonchev–Trinajstić information content (AvgIpc) is 3.63. The summed E-state index contributed by atoms with van der Waals surface area (Å²) < 4.78 is 18.7. The maximum Gasteiger partial charge on any atom is 0.245 e. The fraction of sp³-hybridized carbons (Fsp3) is 0.405. The molecular formula is C42H63FN6O2. The highest BCUT2D eigenvalue weighted by molar-refractivity contribution is 5.87. The first kappa shape index (κ1) is 46.1. The highest BCUT2D eigenvalue weighted by Crippen LogP contribution is 2.32. The first-order valence-corrected chi connectivity index (χ1v) is 17.8. The number of aryl methyl sites for hydroxylation is 2. The van der Waals surface area contributed by atoms with Crippen LogP contribution in [0.25, 0.3) is 5.57 Å². The van der Waals surface area contributed by atoms with Gasteiger partial charge in [0.05, 0.1) is 12.2 Å². The van der Waals surface area contributed by atoms with E-state index in [-0.39, 0.29) is 17.6 Å². The van der Waals surface area contributed by atoms with Gasteiger partial charge in [-0.05, 0) is 98.3 Å². The standard InChI is InChI=1S/C17H18FN3O.C15H20N2O.C4H10.C3H7N.C3H8/c1-12-5-8-21-14(9-12)11-20-7-6-17(19)22-15-4-3-13(2)16(18)10-15;1-4-14(18)17-9-6-12(7-10-17)13-5-8-16-15(13)11(2)3;2*1-3-4-2;1-3-2/h3-10H,11,19H2,1-2H3;4-5,8,12,16H,1-2,6-7,9-10H2,3H3;3-4H2,1-2H3;3-4H,1H2,2H3;3H2,1-2H3/b17-6+,20-7?;;;;. The molecule has 0 atom stereocenters. The van der Waals surface area contributed by atoms with Gasteiger partial charge in [-0.3, -0.25) is 14.8 Å². The van der Waals surface area contributed by atoms with E-state index < -0.39 is 0 Å². The molecule has 1 aliphatic heterocycles. The number of aromatic nitrogens is 2. The smallest absolute Gasteiger partial charge is 0.245 e. The van der Waals surface area contributed by atoms with E-state index in [1.165, 1.54) is 43.0 Å². The lowest BCUT2D eigenvalue weighted by Gasteiger charge is -2.31. The summed E-state index contributed by atoms with van der Waals surface area (Å²) in [5, 5.41) is 2.69. The maximum atomic E-state index is 13.4. The van der Waals surface area contributed by atoms with Crippen LogP contribution < -0.4 is 15.8 Å². The van der Waals surface area contributed by atoms with Crippen LogP contribution in [0, 0.1) is 19.7 Å². The number of piperidine rings is 1. The quantitative estimate of drug-likeness (QED) is 0.111. The normalized spacial score (nSPS) is 12.3. The molecule has 0 aliphatic carbocycles. The van der Waals surface area contributed by atoms with Crippen molar-refractivity contribution < 1.29 is 13.9 Å². The monoisotopic (exact) mass is 702 g/mol. The number of hydrogen-bond acceptors (Lipinski definition) is 6. The summed E-state index contributed by atoms with van der Waals surface area (Å²) in [6.45, 7) is 27.3. The van der Waals surface area contributed by atoms with Crippen LogP contribution in [0.15, 0.2) is 97.8 Å². The van der Waals surface area contributed by atoms with E-state index in [1.807, 2.05) is 44.1 Å². The topological polar surface area (TPSA) is 109 Å². The van der Waals surface area contributed by atoms with Crippen molar-refractivity contribution in [3.63, 3.8) is 0 Å². The predicted octanol–water partition coefficient (Wildman–Crippen LogP) is 9.80. The number of amides is 1. The maximum absolute atomic E-state index is 13.4. The van der Waals surface area contributed by atoms with E-state index in [0.29, 0.717) is 23.8 Å². The van der Waals surface area contributed by atoms with Crippen LogP contribution in [0.5, 0.6) is 5.75 Å². The molecule has 9 heteroatoms. The van der Waals surface area contributed by atoms with Crippen LogP contribution >= 0.6 is 0 Å². The number of carbonyl (C=O) groups excluding carboxylic acids is 1. The SMILES string of the molecule is C=CC(=O)N1CCC(c2cc[nH]c2C(=C)C)CC1.C=CNC.CCC.CCCC.Cc1ccnc(CN=C/C=C(\N)Oc2ccc(C)c(F)c2)c1. The Morgan fingerprint density at radius 1 is 1.12 bits per heavy atom. The van der Waals surface area contributed by atoms with E-state index in [9.17, 15) is 9.18 Å². The number of aromatic amines is 1. The number of likely N-dealkylation sites (tertiary alicyclic amines) is 1. The zero-order chi connectivity index (χ0) is 38.6. The van der Waals surface area contributed by atoms with Crippen molar-refractivity contribution in [2.75, 3.05) is 20.1 Å². The summed E-state index contributed by atoms with van der Waals surface area (Å²) in [7, 11) is 1.81. The summed E-state index contributed by atoms with van der Waals surface area (Å²) >= 11 is 0. The first-order chi connectivity index (χ1) is 24.4. The molecule has 1 aromatic carbocycles. The van der Waals surface area contributed by atoms with E-state index in [0.717, 1.165) is 48.5 Å². The molecule has 0 unspecified atom stereocenters. The molecule has 3 heterocycles. The third-order valence-corrected chi connectivity index (χ3v) is 7.28. The van der Waals surface area contributed by atoms with Crippen LogP contribution in [0.2, 0.25) is 0 Å². The lowest BCUT2D eigenvalue weighted by Crippen LogP contribution is -2.36. The van der Waals surface area contributed by atoms with Crippen molar-refractivity contribution in [3.05, 3.63) is 127 Å². The third kappa shape index (κ3) is 19.8. The van der Waals surface area contributed by atoms with E-state index in [4.69, 9.17) is 10.5 Å². The fourth-order valence-corrected chi connectivity index (χ4v) is 4.40. The Balaban J connectivity index is 0.000000769. The summed E-state index contributed by atoms with van der Waals surface area (Å²) in [6, 6.07) is 10.6. The minimum absolute atomic E-state index is 0.0441. The van der Waals surface area contributed by atoms with Crippen LogP contribution in [-0.4, -0.2) is 47.1 Å². The van der Waals surface area contributed by atoms with Crippen molar-refractivity contribution in [2.24, 2.45) is 10.7 Å². The summed E-state index contributed by atoms with van der Waals surface area (Å²) in [5.41, 5.74) is 11.8. The van der Waals surface area contributed by atoms with E-state index in [1.54, 1.807) is 37.7 Å². The highest BCUT2D eigenvalue weighted by atomic mass is 19.1. The van der Waals surface area contributed by atoms with Gasteiger partial charge < -0.3 is 25.7 Å². The van der Waals surface area contributed by atoms with Crippen molar-refractivity contribution in [1.82, 2.24) is 20.2 Å². The van der Waals surface area contributed by atoms with Crippen LogP contribution in [0.1, 0.15) is 101 Å². The summed E-state index contributed by atoms with van der Waals surface area (Å²) in [6.07, 6.45) is 15.7. The largest absolute Gasteiger partial charge is 0.441 e. The Labute approximate surface area is 307 Å². The van der Waals surface area contributed by atoms with Gasteiger partial charge in [-0.1, -0.05) is 72.8 Å². The molecule has 3 aromatic rings. The van der Waals surface area contributed by atoms with Gasteiger partial charge in [0.2, 0.25) is 5.91 Å². The van der Waals surface area contributed by atoms with Gasteiger partial charge in [-0.15, -0.1) is 0 Å². The number of nitrogens with one attached hydrogen (secondary N) is 2. The molecule has 0 spiro atoms. The number of carbonyl (C=O) groups is 1. The number of nitrogens with two attached hydrogens (primary N) is 1. The molecule has 1 saturated heterocycles. The van der Waals surface area contributed by atoms with Crippen LogP contribution in [-0.2, 0) is 11.3 Å². The Morgan fingerprint density at radius 2 is 1.75 bits per heavy atom. The number of allylic oxidation sites excluding steroid dienone is 2. The van der Waals surface area contributed by atoms with Gasteiger partial charge in [0.1, 0.15) is 11.6 Å². The van der Waals surface area contributed by atoms with Gasteiger partial charge >= 0.3 is 0 Å². The number of halogens is 1. The summed E-state index contributed by atoms with van der Waals surface area (Å²) in [4.78, 5) is 25.0. The van der Waals surface area contributed by atoms with E-state index >= 15 is 0 Å².